The molecule has 4 nitrogen and oxygen atoms in total. The molecule has 1 amide bonds. The third-order valence-corrected chi connectivity index (χ3v) is 3.98. The van der Waals surface area contributed by atoms with Crippen molar-refractivity contribution in [3.8, 4) is 11.5 Å². The molecule has 1 atom stereocenters. The second-order valence-corrected chi connectivity index (χ2v) is 6.86. The minimum atomic E-state index is -0.552. The molecule has 2 aromatic rings. The molecule has 140 valence electrons. The molecule has 0 unspecified atom stereocenters. The fraction of sp³-hybridized carbons (Fsp3) is 0.381. The van der Waals surface area contributed by atoms with Crippen LogP contribution in [0.25, 0.3) is 0 Å². The van der Waals surface area contributed by atoms with E-state index in [1.165, 1.54) is 5.56 Å². The average molecular weight is 376 g/mol. The Balaban J connectivity index is 1.68. The quantitative estimate of drug-likeness (QED) is 0.649. The summed E-state index contributed by atoms with van der Waals surface area (Å²) in [5.41, 5.74) is 1.22. The molecule has 5 heteroatoms. The van der Waals surface area contributed by atoms with Gasteiger partial charge in [-0.3, -0.25) is 4.79 Å². The second kappa shape index (κ2) is 10.1. The molecular formula is C21H26ClNO3. The number of nitrogens with one attached hydrogen (secondary N) is 1. The summed E-state index contributed by atoms with van der Waals surface area (Å²) in [6, 6.07) is 15.1. The molecule has 0 bridgehead atoms. The fourth-order valence-corrected chi connectivity index (χ4v) is 2.55. The largest absolute Gasteiger partial charge is 0.491 e. The van der Waals surface area contributed by atoms with Crippen molar-refractivity contribution in [2.24, 2.45) is 0 Å². The number of halogens is 1. The first kappa shape index (κ1) is 20.1. The fourth-order valence-electron chi connectivity index (χ4n) is 2.43. The molecule has 0 aliphatic heterocycles. The molecule has 2 aromatic carbocycles. The van der Waals surface area contributed by atoms with E-state index in [1.807, 2.05) is 26.0 Å². The lowest BCUT2D eigenvalue weighted by molar-refractivity contribution is -0.127. The van der Waals surface area contributed by atoms with Gasteiger partial charge in [0.05, 0.1) is 6.10 Å². The number of carbonyl (C=O) groups is 1. The normalized spacial score (nSPS) is 11.9. The van der Waals surface area contributed by atoms with Crippen molar-refractivity contribution in [2.75, 3.05) is 6.54 Å². The number of rotatable bonds is 9. The van der Waals surface area contributed by atoms with Gasteiger partial charge in [0.25, 0.3) is 5.91 Å². The molecule has 0 aliphatic rings. The van der Waals surface area contributed by atoms with Crippen molar-refractivity contribution in [2.45, 2.75) is 45.8 Å². The predicted molar refractivity (Wildman–Crippen MR) is 105 cm³/mol. The summed E-state index contributed by atoms with van der Waals surface area (Å²) < 4.78 is 11.2. The van der Waals surface area contributed by atoms with Gasteiger partial charge in [-0.25, -0.2) is 0 Å². The van der Waals surface area contributed by atoms with Crippen LogP contribution in [0.2, 0.25) is 5.02 Å². The molecule has 2 rings (SSSR count). The molecule has 0 saturated heterocycles. The van der Waals surface area contributed by atoms with E-state index in [0.29, 0.717) is 17.3 Å². The van der Waals surface area contributed by atoms with Gasteiger partial charge in [0.15, 0.2) is 6.10 Å². The van der Waals surface area contributed by atoms with E-state index in [-0.39, 0.29) is 12.0 Å². The van der Waals surface area contributed by atoms with E-state index in [4.69, 9.17) is 21.1 Å². The maximum Gasteiger partial charge on any atom is 0.260 e. The second-order valence-electron chi connectivity index (χ2n) is 6.42. The van der Waals surface area contributed by atoms with Gasteiger partial charge in [0.2, 0.25) is 0 Å². The number of hydrogen-bond acceptors (Lipinski definition) is 3. The first-order chi connectivity index (χ1) is 12.4. The van der Waals surface area contributed by atoms with Gasteiger partial charge in [0, 0.05) is 11.6 Å². The zero-order valence-corrected chi connectivity index (χ0v) is 16.3. The molecule has 0 aliphatic carbocycles. The van der Waals surface area contributed by atoms with Gasteiger partial charge in [-0.05, 0) is 75.6 Å². The molecule has 0 saturated carbocycles. The average Bonchev–Trinajstić information content (AvgIpc) is 2.61. The third-order valence-electron chi connectivity index (χ3n) is 3.73. The van der Waals surface area contributed by atoms with Crippen LogP contribution in [0.1, 0.15) is 32.8 Å². The summed E-state index contributed by atoms with van der Waals surface area (Å²) in [4.78, 5) is 12.1. The number of benzene rings is 2. The van der Waals surface area contributed by atoms with Crippen molar-refractivity contribution in [1.29, 1.82) is 0 Å². The molecule has 0 radical (unpaired) electrons. The SMILES string of the molecule is CC(C)Oc1ccc(CCCNC(=O)[C@H](C)Oc2ccc(Cl)cc2)cc1. The van der Waals surface area contributed by atoms with E-state index < -0.39 is 6.10 Å². The highest BCUT2D eigenvalue weighted by molar-refractivity contribution is 6.30. The van der Waals surface area contributed by atoms with E-state index in [0.717, 1.165) is 18.6 Å². The van der Waals surface area contributed by atoms with Gasteiger partial charge >= 0.3 is 0 Å². The van der Waals surface area contributed by atoms with Crippen LogP contribution < -0.4 is 14.8 Å². The molecule has 0 aromatic heterocycles. The van der Waals surface area contributed by atoms with Crippen LogP contribution in [0.3, 0.4) is 0 Å². The maximum absolute atomic E-state index is 12.1. The van der Waals surface area contributed by atoms with Crippen molar-refractivity contribution in [1.82, 2.24) is 5.32 Å². The summed E-state index contributed by atoms with van der Waals surface area (Å²) >= 11 is 5.83. The van der Waals surface area contributed by atoms with Crippen molar-refractivity contribution in [3.05, 3.63) is 59.1 Å². The standard InChI is InChI=1S/C21H26ClNO3/c1-15(2)25-19-10-6-17(7-11-19)5-4-14-23-21(24)16(3)26-20-12-8-18(22)9-13-20/h6-13,15-16H,4-5,14H2,1-3H3,(H,23,24)/t16-/m0/s1. The number of aryl methyl sites for hydroxylation is 1. The van der Waals surface area contributed by atoms with Crippen molar-refractivity contribution in [3.63, 3.8) is 0 Å². The first-order valence-corrected chi connectivity index (χ1v) is 9.27. The van der Waals surface area contributed by atoms with Gasteiger partial charge < -0.3 is 14.8 Å². The highest BCUT2D eigenvalue weighted by atomic mass is 35.5. The highest BCUT2D eigenvalue weighted by Gasteiger charge is 2.13. The molecular weight excluding hydrogens is 350 g/mol. The Morgan fingerprint density at radius 2 is 1.54 bits per heavy atom. The van der Waals surface area contributed by atoms with Crippen LogP contribution in [0, 0.1) is 0 Å². The molecule has 1 N–H and O–H groups in total. The zero-order valence-electron chi connectivity index (χ0n) is 15.5. The lowest BCUT2D eigenvalue weighted by Gasteiger charge is -2.15. The lowest BCUT2D eigenvalue weighted by atomic mass is 10.1. The van der Waals surface area contributed by atoms with Crippen LogP contribution >= 0.6 is 11.6 Å². The Kier molecular flexibility index (Phi) is 7.79. The van der Waals surface area contributed by atoms with E-state index in [2.05, 4.69) is 17.4 Å². The maximum atomic E-state index is 12.1. The Morgan fingerprint density at radius 1 is 0.962 bits per heavy atom. The van der Waals surface area contributed by atoms with Crippen LogP contribution in [-0.2, 0) is 11.2 Å². The van der Waals surface area contributed by atoms with Crippen LogP contribution in [0.15, 0.2) is 48.5 Å². The summed E-state index contributed by atoms with van der Waals surface area (Å²) in [5.74, 6) is 1.38. The summed E-state index contributed by atoms with van der Waals surface area (Å²) in [5, 5.41) is 3.54. The van der Waals surface area contributed by atoms with Crippen molar-refractivity contribution < 1.29 is 14.3 Å². The minimum Gasteiger partial charge on any atom is -0.491 e. The number of ether oxygens (including phenoxy) is 2. The van der Waals surface area contributed by atoms with E-state index in [1.54, 1.807) is 31.2 Å². The third kappa shape index (κ3) is 6.96. The zero-order chi connectivity index (χ0) is 18.9. The summed E-state index contributed by atoms with van der Waals surface area (Å²) in [6.45, 7) is 6.36. The smallest absolute Gasteiger partial charge is 0.260 e. The summed E-state index contributed by atoms with van der Waals surface area (Å²) in [6.07, 6.45) is 1.38. The first-order valence-electron chi connectivity index (χ1n) is 8.89. The van der Waals surface area contributed by atoms with Gasteiger partial charge in [0.1, 0.15) is 11.5 Å². The monoisotopic (exact) mass is 375 g/mol. The van der Waals surface area contributed by atoms with Crippen molar-refractivity contribution >= 4 is 17.5 Å². The number of hydrogen-bond donors (Lipinski definition) is 1. The van der Waals surface area contributed by atoms with E-state index in [9.17, 15) is 4.79 Å². The molecule has 0 fully saturated rings. The molecule has 0 heterocycles. The predicted octanol–water partition coefficient (Wildman–Crippen LogP) is 4.64. The Bertz CT molecular complexity index is 683. The van der Waals surface area contributed by atoms with Gasteiger partial charge in [-0.2, -0.15) is 0 Å². The van der Waals surface area contributed by atoms with Crippen LogP contribution in [0.4, 0.5) is 0 Å². The van der Waals surface area contributed by atoms with Gasteiger partial charge in [-0.15, -0.1) is 0 Å². The highest BCUT2D eigenvalue weighted by Crippen LogP contribution is 2.17. The van der Waals surface area contributed by atoms with Crippen LogP contribution in [0.5, 0.6) is 11.5 Å². The van der Waals surface area contributed by atoms with Gasteiger partial charge in [-0.1, -0.05) is 23.7 Å². The Labute approximate surface area is 160 Å². The molecule has 26 heavy (non-hydrogen) atoms. The topological polar surface area (TPSA) is 47.6 Å². The summed E-state index contributed by atoms with van der Waals surface area (Å²) in [7, 11) is 0. The Morgan fingerprint density at radius 3 is 2.15 bits per heavy atom. The lowest BCUT2D eigenvalue weighted by Crippen LogP contribution is -2.36. The molecule has 0 spiro atoms. The Hall–Kier alpha value is -2.20. The minimum absolute atomic E-state index is 0.124. The number of carbonyl (C=O) groups excluding carboxylic acids is 1. The van der Waals surface area contributed by atoms with E-state index >= 15 is 0 Å². The van der Waals surface area contributed by atoms with Crippen LogP contribution in [-0.4, -0.2) is 24.7 Å². The number of amides is 1.